The van der Waals surface area contributed by atoms with Crippen LogP contribution in [-0.2, 0) is 11.3 Å². The molecule has 1 aromatic rings. The van der Waals surface area contributed by atoms with Crippen LogP contribution in [0.1, 0.15) is 62.0 Å². The third-order valence-electron chi connectivity index (χ3n) is 6.12. The highest BCUT2D eigenvalue weighted by atomic mass is 16.3. The van der Waals surface area contributed by atoms with E-state index in [1.54, 1.807) is 0 Å². The van der Waals surface area contributed by atoms with Crippen molar-refractivity contribution in [3.05, 3.63) is 35.4 Å². The van der Waals surface area contributed by atoms with Gasteiger partial charge in [0.05, 0.1) is 0 Å². The van der Waals surface area contributed by atoms with Gasteiger partial charge in [0.2, 0.25) is 5.91 Å². The molecule has 0 heterocycles. The molecule has 0 unspecified atom stereocenters. The first-order valence-electron chi connectivity index (χ1n) is 10.2. The highest BCUT2D eigenvalue weighted by molar-refractivity contribution is 5.81. The van der Waals surface area contributed by atoms with E-state index in [1.165, 1.54) is 24.0 Å². The van der Waals surface area contributed by atoms with Crippen LogP contribution in [0.5, 0.6) is 0 Å². The number of aliphatic hydroxyl groups is 1. The number of nitrogens with zero attached hydrogens (tertiary/aromatic N) is 2. The number of amides is 1. The summed E-state index contributed by atoms with van der Waals surface area (Å²) in [5.74, 6) is 1.35. The number of carbonyl (C=O) groups is 1. The summed E-state index contributed by atoms with van der Waals surface area (Å²) >= 11 is 0. The quantitative estimate of drug-likeness (QED) is 0.775. The Morgan fingerprint density at radius 3 is 2.27 bits per heavy atom. The van der Waals surface area contributed by atoms with Crippen molar-refractivity contribution in [1.29, 1.82) is 0 Å². The van der Waals surface area contributed by atoms with E-state index in [9.17, 15) is 4.79 Å². The van der Waals surface area contributed by atoms with E-state index in [4.69, 9.17) is 5.11 Å². The molecular formula is C22H34N2O2. The third-order valence-corrected chi connectivity index (χ3v) is 6.12. The summed E-state index contributed by atoms with van der Waals surface area (Å²) < 4.78 is 0. The molecule has 2 aliphatic rings. The summed E-state index contributed by atoms with van der Waals surface area (Å²) in [7, 11) is 4.11. The summed E-state index contributed by atoms with van der Waals surface area (Å²) in [5.41, 5.74) is 2.78. The van der Waals surface area contributed by atoms with E-state index in [0.717, 1.165) is 45.2 Å². The highest BCUT2D eigenvalue weighted by Crippen LogP contribution is 2.37. The second-order valence-corrected chi connectivity index (χ2v) is 8.29. The Morgan fingerprint density at radius 2 is 1.69 bits per heavy atom. The number of benzene rings is 1. The van der Waals surface area contributed by atoms with Gasteiger partial charge in [-0.15, -0.1) is 0 Å². The number of rotatable bonds is 8. The fraction of sp³-hybridized carbons (Fsp3) is 0.682. The first kappa shape index (κ1) is 19.4. The zero-order valence-corrected chi connectivity index (χ0v) is 16.4. The predicted molar refractivity (Wildman–Crippen MR) is 105 cm³/mol. The monoisotopic (exact) mass is 358 g/mol. The van der Waals surface area contributed by atoms with Crippen molar-refractivity contribution in [2.75, 3.05) is 27.2 Å². The molecule has 0 bridgehead atoms. The van der Waals surface area contributed by atoms with Crippen molar-refractivity contribution in [3.8, 4) is 0 Å². The average Bonchev–Trinajstić information content (AvgIpc) is 3.51. The lowest BCUT2D eigenvalue weighted by molar-refractivity contribution is -0.133. The Balaban J connectivity index is 1.47. The maximum absolute atomic E-state index is 12.3. The van der Waals surface area contributed by atoms with Gasteiger partial charge in [-0.2, -0.15) is 0 Å². The molecule has 0 atom stereocenters. The zero-order chi connectivity index (χ0) is 18.5. The minimum absolute atomic E-state index is 0.257. The van der Waals surface area contributed by atoms with Gasteiger partial charge in [-0.25, -0.2) is 0 Å². The Hall–Kier alpha value is -1.39. The Morgan fingerprint density at radius 1 is 1.04 bits per heavy atom. The summed E-state index contributed by atoms with van der Waals surface area (Å²) in [6.45, 7) is 2.11. The van der Waals surface area contributed by atoms with E-state index in [0.29, 0.717) is 23.8 Å². The molecule has 3 rings (SSSR count). The summed E-state index contributed by atoms with van der Waals surface area (Å²) in [5, 5.41) is 8.93. The molecule has 0 saturated heterocycles. The molecule has 2 saturated carbocycles. The molecule has 2 aliphatic carbocycles. The van der Waals surface area contributed by atoms with Crippen LogP contribution in [0, 0.1) is 5.92 Å². The predicted octanol–water partition coefficient (Wildman–Crippen LogP) is 3.40. The lowest BCUT2D eigenvalue weighted by Crippen LogP contribution is -2.40. The number of hydrogen-bond acceptors (Lipinski definition) is 3. The molecule has 26 heavy (non-hydrogen) atoms. The first-order valence-corrected chi connectivity index (χ1v) is 10.2. The van der Waals surface area contributed by atoms with Crippen molar-refractivity contribution in [3.63, 3.8) is 0 Å². The van der Waals surface area contributed by atoms with Crippen LogP contribution in [0.2, 0.25) is 0 Å². The molecule has 0 spiro atoms. The van der Waals surface area contributed by atoms with E-state index >= 15 is 0 Å². The lowest BCUT2D eigenvalue weighted by Gasteiger charge is -2.35. The van der Waals surface area contributed by atoms with Crippen LogP contribution in [-0.4, -0.2) is 54.1 Å². The summed E-state index contributed by atoms with van der Waals surface area (Å²) in [6.07, 6.45) is 7.65. The molecule has 0 aromatic heterocycles. The minimum Gasteiger partial charge on any atom is -0.396 e. The molecule has 1 aromatic carbocycles. The molecule has 2 fully saturated rings. The fourth-order valence-electron chi connectivity index (χ4n) is 4.22. The van der Waals surface area contributed by atoms with Crippen LogP contribution < -0.4 is 0 Å². The summed E-state index contributed by atoms with van der Waals surface area (Å²) in [4.78, 5) is 16.5. The van der Waals surface area contributed by atoms with Crippen molar-refractivity contribution < 1.29 is 9.90 Å². The lowest BCUT2D eigenvalue weighted by atomic mass is 9.81. The van der Waals surface area contributed by atoms with Gasteiger partial charge in [0.15, 0.2) is 0 Å². The van der Waals surface area contributed by atoms with Crippen LogP contribution in [0.3, 0.4) is 0 Å². The number of hydrogen-bond donors (Lipinski definition) is 1. The molecule has 144 valence electrons. The normalized spacial score (nSPS) is 23.2. The largest absolute Gasteiger partial charge is 0.396 e. The Bertz CT molecular complexity index is 574. The fourth-order valence-corrected chi connectivity index (χ4v) is 4.22. The van der Waals surface area contributed by atoms with Gasteiger partial charge < -0.3 is 14.9 Å². The molecule has 4 nitrogen and oxygen atoms in total. The van der Waals surface area contributed by atoms with Crippen molar-refractivity contribution >= 4 is 5.91 Å². The van der Waals surface area contributed by atoms with Gasteiger partial charge in [0.25, 0.3) is 0 Å². The Kier molecular flexibility index (Phi) is 6.71. The second kappa shape index (κ2) is 9.01. The third kappa shape index (κ3) is 5.08. The smallest absolute Gasteiger partial charge is 0.225 e. The van der Waals surface area contributed by atoms with E-state index < -0.39 is 0 Å². The highest BCUT2D eigenvalue weighted by Gasteiger charge is 2.35. The van der Waals surface area contributed by atoms with Gasteiger partial charge in [-0.05, 0) is 69.0 Å². The zero-order valence-electron chi connectivity index (χ0n) is 16.4. The van der Waals surface area contributed by atoms with Gasteiger partial charge in [0.1, 0.15) is 0 Å². The standard InChI is InChI=1S/C22H34N2O2/c1-23(14-3-15-25)16-17-4-6-18(7-5-17)19-10-12-21(13-11-19)24(2)22(26)20-8-9-20/h4-7,19-21,25H,3,8-16H2,1-2H3/t19-,21-. The van der Waals surface area contributed by atoms with Gasteiger partial charge in [-0.1, -0.05) is 24.3 Å². The van der Waals surface area contributed by atoms with Gasteiger partial charge >= 0.3 is 0 Å². The van der Waals surface area contributed by atoms with E-state index in [-0.39, 0.29) is 6.61 Å². The Labute approximate surface area is 158 Å². The number of carbonyl (C=O) groups excluding carboxylic acids is 1. The van der Waals surface area contributed by atoms with E-state index in [1.807, 2.05) is 11.9 Å². The molecular weight excluding hydrogens is 324 g/mol. The topological polar surface area (TPSA) is 43.8 Å². The van der Waals surface area contributed by atoms with Crippen LogP contribution in [0.15, 0.2) is 24.3 Å². The molecule has 0 radical (unpaired) electrons. The number of aliphatic hydroxyl groups excluding tert-OH is 1. The molecule has 0 aliphatic heterocycles. The summed E-state index contributed by atoms with van der Waals surface area (Å²) in [6, 6.07) is 9.52. The van der Waals surface area contributed by atoms with Crippen molar-refractivity contribution in [1.82, 2.24) is 9.80 Å². The maximum Gasteiger partial charge on any atom is 0.225 e. The van der Waals surface area contributed by atoms with Crippen LogP contribution in [0.4, 0.5) is 0 Å². The van der Waals surface area contributed by atoms with Gasteiger partial charge in [0, 0.05) is 38.7 Å². The second-order valence-electron chi connectivity index (χ2n) is 8.29. The molecule has 1 amide bonds. The van der Waals surface area contributed by atoms with Crippen LogP contribution >= 0.6 is 0 Å². The van der Waals surface area contributed by atoms with E-state index in [2.05, 4.69) is 36.2 Å². The first-order chi connectivity index (χ1) is 12.6. The average molecular weight is 359 g/mol. The van der Waals surface area contributed by atoms with Gasteiger partial charge in [-0.3, -0.25) is 4.79 Å². The molecule has 4 heteroatoms. The maximum atomic E-state index is 12.3. The molecule has 1 N–H and O–H groups in total. The van der Waals surface area contributed by atoms with Crippen molar-refractivity contribution in [2.45, 2.75) is 63.5 Å². The minimum atomic E-state index is 0.257. The van der Waals surface area contributed by atoms with Crippen LogP contribution in [0.25, 0.3) is 0 Å². The SMILES string of the molecule is CN(CCCO)Cc1ccc([C@H]2CC[C@H](N(C)C(=O)C3CC3)CC2)cc1. The van der Waals surface area contributed by atoms with Crippen molar-refractivity contribution in [2.24, 2.45) is 5.92 Å².